The van der Waals surface area contributed by atoms with Gasteiger partial charge in [0.05, 0.1) is 0 Å². The summed E-state index contributed by atoms with van der Waals surface area (Å²) in [7, 11) is 0. The maximum Gasteiger partial charge on any atom is 0.223 e. The van der Waals surface area contributed by atoms with E-state index in [-0.39, 0.29) is 5.91 Å². The summed E-state index contributed by atoms with van der Waals surface area (Å²) in [6, 6.07) is 5.21. The number of rotatable bonds is 7. The number of nitrogens with one attached hydrogen (secondary N) is 1. The first-order valence-corrected chi connectivity index (χ1v) is 8.12. The van der Waals surface area contributed by atoms with Crippen LogP contribution in [0.2, 0.25) is 0 Å². The number of nitrogens with zero attached hydrogens (tertiary/aromatic N) is 1. The Balaban J connectivity index is 0.000000255. The summed E-state index contributed by atoms with van der Waals surface area (Å²) < 4.78 is 0. The summed E-state index contributed by atoms with van der Waals surface area (Å²) in [4.78, 5) is 25.2. The lowest BCUT2D eigenvalue weighted by Gasteiger charge is -2.09. The maximum atomic E-state index is 11.5. The molecule has 22 heavy (non-hydrogen) atoms. The van der Waals surface area contributed by atoms with E-state index in [1.807, 2.05) is 0 Å². The first-order valence-electron chi connectivity index (χ1n) is 8.12. The minimum atomic E-state index is 0.273. The SMILES string of the molecule is NCCCCCNC(=O)C1CCCC1.O=Cc1ccccn1. The van der Waals surface area contributed by atoms with Crippen molar-refractivity contribution in [1.29, 1.82) is 0 Å². The topological polar surface area (TPSA) is 85.1 Å². The van der Waals surface area contributed by atoms with Gasteiger partial charge in [-0.1, -0.05) is 25.3 Å². The zero-order chi connectivity index (χ0) is 16.0. The van der Waals surface area contributed by atoms with E-state index in [2.05, 4.69) is 10.3 Å². The number of amides is 1. The molecular formula is C17H27N3O2. The molecular weight excluding hydrogens is 278 g/mol. The molecule has 0 radical (unpaired) electrons. The molecule has 1 aromatic heterocycles. The van der Waals surface area contributed by atoms with E-state index in [0.29, 0.717) is 11.6 Å². The average molecular weight is 305 g/mol. The molecule has 0 aromatic carbocycles. The standard InChI is InChI=1S/C11H22N2O.C6H5NO/c12-8-4-1-5-9-13-11(14)10-6-2-3-7-10;8-5-6-3-1-2-4-7-6/h10H,1-9,12H2,(H,13,14);1-5H. The van der Waals surface area contributed by atoms with Crippen molar-refractivity contribution in [2.45, 2.75) is 44.9 Å². The highest BCUT2D eigenvalue weighted by Crippen LogP contribution is 2.24. The zero-order valence-corrected chi connectivity index (χ0v) is 13.2. The van der Waals surface area contributed by atoms with Crippen LogP contribution in [-0.4, -0.2) is 30.3 Å². The molecule has 0 atom stereocenters. The van der Waals surface area contributed by atoms with Gasteiger partial charge in [-0.15, -0.1) is 0 Å². The number of hydrogen-bond donors (Lipinski definition) is 2. The van der Waals surface area contributed by atoms with Crippen LogP contribution in [0.4, 0.5) is 0 Å². The summed E-state index contributed by atoms with van der Waals surface area (Å²) in [5.41, 5.74) is 5.86. The third kappa shape index (κ3) is 7.88. The van der Waals surface area contributed by atoms with Crippen LogP contribution in [0.1, 0.15) is 55.4 Å². The van der Waals surface area contributed by atoms with E-state index in [4.69, 9.17) is 5.73 Å². The first-order chi connectivity index (χ1) is 10.8. The summed E-state index contributed by atoms with van der Waals surface area (Å²) in [5.74, 6) is 0.583. The Morgan fingerprint density at radius 3 is 2.59 bits per heavy atom. The van der Waals surface area contributed by atoms with Gasteiger partial charge in [-0.2, -0.15) is 0 Å². The molecule has 1 fully saturated rings. The molecule has 1 aliphatic rings. The smallest absolute Gasteiger partial charge is 0.223 e. The lowest BCUT2D eigenvalue weighted by molar-refractivity contribution is -0.124. The molecule has 5 nitrogen and oxygen atoms in total. The van der Waals surface area contributed by atoms with Crippen LogP contribution in [0.3, 0.4) is 0 Å². The Labute approximate surface area is 132 Å². The van der Waals surface area contributed by atoms with Gasteiger partial charge in [-0.25, -0.2) is 0 Å². The lowest BCUT2D eigenvalue weighted by Crippen LogP contribution is -2.30. The van der Waals surface area contributed by atoms with Crippen LogP contribution >= 0.6 is 0 Å². The number of nitrogens with two attached hydrogens (primary N) is 1. The molecule has 122 valence electrons. The molecule has 1 saturated carbocycles. The number of aldehydes is 1. The number of unbranched alkanes of at least 4 members (excludes halogenated alkanes) is 2. The van der Waals surface area contributed by atoms with E-state index < -0.39 is 0 Å². The fourth-order valence-electron chi connectivity index (χ4n) is 2.44. The number of carbonyl (C=O) groups excluding carboxylic acids is 2. The largest absolute Gasteiger partial charge is 0.356 e. The molecule has 0 saturated heterocycles. The van der Waals surface area contributed by atoms with Crippen molar-refractivity contribution in [3.05, 3.63) is 30.1 Å². The second kappa shape index (κ2) is 11.9. The Kier molecular flexibility index (Phi) is 9.87. The monoisotopic (exact) mass is 305 g/mol. The van der Waals surface area contributed by atoms with Gasteiger partial charge in [0.15, 0.2) is 6.29 Å². The fourth-order valence-corrected chi connectivity index (χ4v) is 2.44. The van der Waals surface area contributed by atoms with Gasteiger partial charge in [0.1, 0.15) is 5.69 Å². The number of aromatic nitrogens is 1. The number of pyridine rings is 1. The van der Waals surface area contributed by atoms with E-state index in [0.717, 1.165) is 51.5 Å². The minimum absolute atomic E-state index is 0.273. The third-order valence-corrected chi connectivity index (χ3v) is 3.71. The van der Waals surface area contributed by atoms with Crippen molar-refractivity contribution in [1.82, 2.24) is 10.3 Å². The highest BCUT2D eigenvalue weighted by Gasteiger charge is 2.21. The van der Waals surface area contributed by atoms with Crippen LogP contribution in [0.25, 0.3) is 0 Å². The van der Waals surface area contributed by atoms with Crippen molar-refractivity contribution in [2.24, 2.45) is 11.7 Å². The van der Waals surface area contributed by atoms with E-state index in [1.54, 1.807) is 24.4 Å². The summed E-state index contributed by atoms with van der Waals surface area (Å²) in [6.45, 7) is 1.59. The van der Waals surface area contributed by atoms with Gasteiger partial charge in [0.2, 0.25) is 5.91 Å². The van der Waals surface area contributed by atoms with Crippen molar-refractivity contribution >= 4 is 12.2 Å². The van der Waals surface area contributed by atoms with Crippen LogP contribution in [0.15, 0.2) is 24.4 Å². The fraction of sp³-hybridized carbons (Fsp3) is 0.588. The molecule has 1 aromatic rings. The predicted molar refractivity (Wildman–Crippen MR) is 87.5 cm³/mol. The van der Waals surface area contributed by atoms with Gasteiger partial charge >= 0.3 is 0 Å². The first kappa shape index (κ1) is 18.3. The van der Waals surface area contributed by atoms with Gasteiger partial charge in [0.25, 0.3) is 0 Å². The molecule has 1 heterocycles. The van der Waals surface area contributed by atoms with Crippen LogP contribution in [0.5, 0.6) is 0 Å². The molecule has 0 spiro atoms. The molecule has 3 N–H and O–H groups in total. The van der Waals surface area contributed by atoms with Crippen LogP contribution < -0.4 is 11.1 Å². The Hall–Kier alpha value is -1.75. The van der Waals surface area contributed by atoms with Gasteiger partial charge < -0.3 is 11.1 Å². The van der Waals surface area contributed by atoms with Crippen molar-refractivity contribution in [2.75, 3.05) is 13.1 Å². The summed E-state index contributed by atoms with van der Waals surface area (Å²) in [5, 5.41) is 3.00. The molecule has 0 bridgehead atoms. The molecule has 0 aliphatic heterocycles. The molecule has 5 heteroatoms. The second-order valence-corrected chi connectivity index (χ2v) is 5.49. The Morgan fingerprint density at radius 2 is 2.05 bits per heavy atom. The second-order valence-electron chi connectivity index (χ2n) is 5.49. The van der Waals surface area contributed by atoms with Crippen LogP contribution in [-0.2, 0) is 4.79 Å². The van der Waals surface area contributed by atoms with Gasteiger partial charge in [-0.3, -0.25) is 14.6 Å². The lowest BCUT2D eigenvalue weighted by atomic mass is 10.1. The quantitative estimate of drug-likeness (QED) is 0.598. The van der Waals surface area contributed by atoms with E-state index in [9.17, 15) is 9.59 Å². The normalized spacial score (nSPS) is 14.0. The zero-order valence-electron chi connectivity index (χ0n) is 13.2. The number of hydrogen-bond acceptors (Lipinski definition) is 4. The average Bonchev–Trinajstić information content (AvgIpc) is 3.10. The van der Waals surface area contributed by atoms with Crippen molar-refractivity contribution < 1.29 is 9.59 Å². The Morgan fingerprint density at radius 1 is 1.27 bits per heavy atom. The highest BCUT2D eigenvalue weighted by molar-refractivity contribution is 5.78. The van der Waals surface area contributed by atoms with Crippen molar-refractivity contribution in [3.8, 4) is 0 Å². The predicted octanol–water partition coefficient (Wildman–Crippen LogP) is 2.32. The maximum absolute atomic E-state index is 11.5. The van der Waals surface area contributed by atoms with Crippen molar-refractivity contribution in [3.63, 3.8) is 0 Å². The number of carbonyl (C=O) groups is 2. The Bertz CT molecular complexity index is 417. The van der Waals surface area contributed by atoms with Gasteiger partial charge in [-0.05, 0) is 44.4 Å². The van der Waals surface area contributed by atoms with Gasteiger partial charge in [0, 0.05) is 18.7 Å². The third-order valence-electron chi connectivity index (χ3n) is 3.71. The van der Waals surface area contributed by atoms with E-state index >= 15 is 0 Å². The van der Waals surface area contributed by atoms with E-state index in [1.165, 1.54) is 12.8 Å². The molecule has 1 aliphatic carbocycles. The minimum Gasteiger partial charge on any atom is -0.356 e. The molecule has 1 amide bonds. The molecule has 0 unspecified atom stereocenters. The summed E-state index contributed by atoms with van der Waals surface area (Å²) in [6.07, 6.45) is 10.2. The summed E-state index contributed by atoms with van der Waals surface area (Å²) >= 11 is 0. The highest BCUT2D eigenvalue weighted by atomic mass is 16.1. The van der Waals surface area contributed by atoms with Crippen LogP contribution in [0, 0.1) is 5.92 Å². The molecule has 2 rings (SSSR count).